The Morgan fingerprint density at radius 3 is 2.14 bits per heavy atom. The first-order valence-corrected chi connectivity index (χ1v) is 10.0. The van der Waals surface area contributed by atoms with Crippen molar-refractivity contribution in [2.24, 2.45) is 0 Å². The lowest BCUT2D eigenvalue weighted by Gasteiger charge is -2.04. The molecule has 0 aliphatic carbocycles. The van der Waals surface area contributed by atoms with E-state index in [1.807, 2.05) is 33.4 Å². The lowest BCUT2D eigenvalue weighted by atomic mass is 10.1. The molecule has 0 saturated heterocycles. The van der Waals surface area contributed by atoms with Crippen molar-refractivity contribution in [3.63, 3.8) is 0 Å². The summed E-state index contributed by atoms with van der Waals surface area (Å²) in [5.41, 5.74) is 4.31. The minimum Gasteiger partial charge on any atom is -0.481 e. The third-order valence-electron chi connectivity index (χ3n) is 5.16. The van der Waals surface area contributed by atoms with E-state index in [4.69, 9.17) is 5.11 Å². The highest BCUT2D eigenvalue weighted by molar-refractivity contribution is 5.76. The number of para-hydroxylation sites is 2. The maximum absolute atomic E-state index is 13.1. The van der Waals surface area contributed by atoms with Crippen LogP contribution in [0.2, 0.25) is 0 Å². The Kier molecular flexibility index (Phi) is 6.69. The Morgan fingerprint density at radius 2 is 1.46 bits per heavy atom. The van der Waals surface area contributed by atoms with Crippen molar-refractivity contribution in [3.05, 3.63) is 70.1 Å². The van der Waals surface area contributed by atoms with Crippen LogP contribution < -0.4 is 5.69 Å². The molecule has 148 valence electrons. The molecule has 0 bridgehead atoms. The molecule has 0 aliphatic heterocycles. The number of unbranched alkanes of at least 4 members (excludes halogenated alkanes) is 4. The van der Waals surface area contributed by atoms with Crippen LogP contribution in [-0.2, 0) is 17.9 Å². The fourth-order valence-corrected chi connectivity index (χ4v) is 3.59. The van der Waals surface area contributed by atoms with Crippen LogP contribution in [0.15, 0.2) is 53.3 Å². The lowest BCUT2D eigenvalue weighted by molar-refractivity contribution is -0.137. The number of aryl methyl sites for hydroxylation is 2. The summed E-state index contributed by atoms with van der Waals surface area (Å²) < 4.78 is 3.73. The van der Waals surface area contributed by atoms with E-state index in [1.165, 1.54) is 5.56 Å². The van der Waals surface area contributed by atoms with E-state index in [9.17, 15) is 9.59 Å². The van der Waals surface area contributed by atoms with E-state index in [0.29, 0.717) is 13.1 Å². The summed E-state index contributed by atoms with van der Waals surface area (Å²) >= 11 is 0. The van der Waals surface area contributed by atoms with Gasteiger partial charge in [0.15, 0.2) is 0 Å². The predicted molar refractivity (Wildman–Crippen MR) is 112 cm³/mol. The molecule has 0 spiro atoms. The molecule has 0 aliphatic rings. The Labute approximate surface area is 165 Å². The van der Waals surface area contributed by atoms with Crippen molar-refractivity contribution < 1.29 is 9.90 Å². The number of carbonyl (C=O) groups is 1. The Morgan fingerprint density at radius 1 is 0.857 bits per heavy atom. The van der Waals surface area contributed by atoms with Gasteiger partial charge in [0.2, 0.25) is 0 Å². The standard InChI is InChI=1S/C23H28N2O3/c1-18-12-14-19(15-13-18)17-25-21-10-7-6-9-20(21)24(23(25)28)16-8-4-2-3-5-11-22(26)27/h6-7,9-10,12-15H,2-5,8,11,16-17H2,1H3,(H,26,27). The molecule has 3 aromatic rings. The zero-order chi connectivity index (χ0) is 19.9. The molecular formula is C23H28N2O3. The Balaban J connectivity index is 1.69. The largest absolute Gasteiger partial charge is 0.481 e. The molecule has 28 heavy (non-hydrogen) atoms. The van der Waals surface area contributed by atoms with Gasteiger partial charge in [-0.2, -0.15) is 0 Å². The number of benzene rings is 2. The van der Waals surface area contributed by atoms with Gasteiger partial charge >= 0.3 is 11.7 Å². The highest BCUT2D eigenvalue weighted by Gasteiger charge is 2.12. The quantitative estimate of drug-likeness (QED) is 0.524. The fraction of sp³-hybridized carbons (Fsp3) is 0.391. The summed E-state index contributed by atoms with van der Waals surface area (Å²) in [6.07, 6.45) is 4.83. The highest BCUT2D eigenvalue weighted by atomic mass is 16.4. The van der Waals surface area contributed by atoms with E-state index in [0.717, 1.165) is 48.7 Å². The Hall–Kier alpha value is -2.82. The number of aliphatic carboxylic acids is 1. The van der Waals surface area contributed by atoms with E-state index < -0.39 is 5.97 Å². The van der Waals surface area contributed by atoms with Crippen molar-refractivity contribution in [1.29, 1.82) is 0 Å². The highest BCUT2D eigenvalue weighted by Crippen LogP contribution is 2.16. The first kappa shape index (κ1) is 19.9. The van der Waals surface area contributed by atoms with Crippen LogP contribution in [0.5, 0.6) is 0 Å². The van der Waals surface area contributed by atoms with Crippen molar-refractivity contribution in [3.8, 4) is 0 Å². The van der Waals surface area contributed by atoms with Gasteiger partial charge in [0.25, 0.3) is 0 Å². The molecule has 0 unspecified atom stereocenters. The number of aromatic nitrogens is 2. The van der Waals surface area contributed by atoms with Crippen LogP contribution in [0, 0.1) is 6.92 Å². The number of hydrogen-bond acceptors (Lipinski definition) is 2. The van der Waals surface area contributed by atoms with Gasteiger partial charge in [-0.15, -0.1) is 0 Å². The van der Waals surface area contributed by atoms with Gasteiger partial charge in [0.1, 0.15) is 0 Å². The van der Waals surface area contributed by atoms with E-state index in [1.54, 1.807) is 0 Å². The molecule has 5 nitrogen and oxygen atoms in total. The number of carboxylic acids is 1. The van der Waals surface area contributed by atoms with Crippen molar-refractivity contribution in [2.45, 2.75) is 58.5 Å². The molecule has 2 aromatic carbocycles. The monoisotopic (exact) mass is 380 g/mol. The molecule has 3 rings (SSSR count). The van der Waals surface area contributed by atoms with E-state index in [2.05, 4.69) is 31.2 Å². The fourth-order valence-electron chi connectivity index (χ4n) is 3.59. The first-order valence-electron chi connectivity index (χ1n) is 10.0. The average molecular weight is 380 g/mol. The molecular weight excluding hydrogens is 352 g/mol. The molecule has 1 N–H and O–H groups in total. The van der Waals surface area contributed by atoms with Crippen molar-refractivity contribution in [2.75, 3.05) is 0 Å². The van der Waals surface area contributed by atoms with Gasteiger partial charge in [0, 0.05) is 13.0 Å². The molecule has 0 saturated carbocycles. The number of nitrogens with zero attached hydrogens (tertiary/aromatic N) is 2. The van der Waals surface area contributed by atoms with E-state index >= 15 is 0 Å². The second-order valence-electron chi connectivity index (χ2n) is 7.41. The smallest absolute Gasteiger partial charge is 0.329 e. The third kappa shape index (κ3) is 4.91. The molecule has 0 fully saturated rings. The summed E-state index contributed by atoms with van der Waals surface area (Å²) in [5, 5.41) is 8.68. The second kappa shape index (κ2) is 9.40. The first-order chi connectivity index (χ1) is 13.6. The minimum atomic E-state index is -0.729. The number of rotatable bonds is 10. The third-order valence-corrected chi connectivity index (χ3v) is 5.16. The lowest BCUT2D eigenvalue weighted by Crippen LogP contribution is -2.24. The average Bonchev–Trinajstić information content (AvgIpc) is 2.94. The number of carboxylic acid groups (broad SMARTS) is 1. The maximum atomic E-state index is 13.1. The van der Waals surface area contributed by atoms with Gasteiger partial charge < -0.3 is 5.11 Å². The van der Waals surface area contributed by atoms with Crippen LogP contribution in [0.3, 0.4) is 0 Å². The van der Waals surface area contributed by atoms with E-state index in [-0.39, 0.29) is 12.1 Å². The SMILES string of the molecule is Cc1ccc(Cn2c(=O)n(CCCCCCCC(=O)O)c3ccccc32)cc1. The van der Waals surface area contributed by atoms with Crippen LogP contribution >= 0.6 is 0 Å². The van der Waals surface area contributed by atoms with Gasteiger partial charge in [-0.25, -0.2) is 4.79 Å². The topological polar surface area (TPSA) is 64.2 Å². The van der Waals surface area contributed by atoms with Gasteiger partial charge in [0.05, 0.1) is 17.6 Å². The summed E-state index contributed by atoms with van der Waals surface area (Å²) in [4.78, 5) is 23.6. The Bertz CT molecular complexity index is 983. The van der Waals surface area contributed by atoms with Crippen LogP contribution in [0.25, 0.3) is 11.0 Å². The van der Waals surface area contributed by atoms with Gasteiger partial charge in [-0.3, -0.25) is 13.9 Å². The van der Waals surface area contributed by atoms with Gasteiger partial charge in [-0.05, 0) is 37.5 Å². The predicted octanol–water partition coefficient (Wildman–Crippen LogP) is 4.58. The minimum absolute atomic E-state index is 0.0349. The summed E-state index contributed by atoms with van der Waals surface area (Å²) in [5.74, 6) is -0.729. The zero-order valence-corrected chi connectivity index (χ0v) is 16.4. The maximum Gasteiger partial charge on any atom is 0.329 e. The normalized spacial score (nSPS) is 11.2. The number of fused-ring (bicyclic) bond motifs is 1. The molecule has 0 amide bonds. The molecule has 1 heterocycles. The zero-order valence-electron chi connectivity index (χ0n) is 16.4. The summed E-state index contributed by atoms with van der Waals surface area (Å²) in [6, 6.07) is 16.3. The molecule has 0 radical (unpaired) electrons. The van der Waals surface area contributed by atoms with Crippen molar-refractivity contribution >= 4 is 17.0 Å². The number of hydrogen-bond donors (Lipinski definition) is 1. The molecule has 1 aromatic heterocycles. The second-order valence-corrected chi connectivity index (χ2v) is 7.41. The number of imidazole rings is 1. The van der Waals surface area contributed by atoms with Crippen LogP contribution in [0.4, 0.5) is 0 Å². The van der Waals surface area contributed by atoms with Crippen molar-refractivity contribution in [1.82, 2.24) is 9.13 Å². The summed E-state index contributed by atoms with van der Waals surface area (Å²) in [7, 11) is 0. The molecule has 0 atom stereocenters. The van der Waals surface area contributed by atoms with Crippen LogP contribution in [0.1, 0.15) is 49.7 Å². The van der Waals surface area contributed by atoms with Gasteiger partial charge in [-0.1, -0.05) is 61.2 Å². The molecule has 5 heteroatoms. The van der Waals surface area contributed by atoms with Crippen LogP contribution in [-0.4, -0.2) is 20.2 Å². The summed E-state index contributed by atoms with van der Waals surface area (Å²) in [6.45, 7) is 3.32.